The van der Waals surface area contributed by atoms with Gasteiger partial charge in [-0.1, -0.05) is 18.7 Å². The molecule has 6 N–H and O–H groups in total. The minimum Gasteiger partial charge on any atom is -0.383 e. The number of nitrogens with two attached hydrogens (primary N) is 1. The lowest BCUT2D eigenvalue weighted by molar-refractivity contribution is 0.480. The van der Waals surface area contributed by atoms with Gasteiger partial charge in [0.1, 0.15) is 17.5 Å². The molecule has 7 nitrogen and oxygen atoms in total. The average molecular weight is 432 g/mol. The molecule has 3 heterocycles. The van der Waals surface area contributed by atoms with Crippen molar-refractivity contribution < 1.29 is 4.39 Å². The number of aromatic nitrogens is 2. The van der Waals surface area contributed by atoms with Crippen molar-refractivity contribution in [2.45, 2.75) is 18.9 Å². The lowest BCUT2D eigenvalue weighted by atomic mass is 9.98. The number of hydrogen-bond acceptors (Lipinski definition) is 7. The highest BCUT2D eigenvalue weighted by atomic mass is 19.1. The summed E-state index contributed by atoms with van der Waals surface area (Å²) in [5, 5.41) is 18.6. The van der Waals surface area contributed by atoms with Crippen molar-refractivity contribution in [3.8, 4) is 0 Å². The third-order valence-electron chi connectivity index (χ3n) is 5.42. The van der Waals surface area contributed by atoms with Gasteiger partial charge >= 0.3 is 0 Å². The van der Waals surface area contributed by atoms with Gasteiger partial charge in [-0.25, -0.2) is 14.4 Å². The number of nitrogens with one attached hydrogen (secondary N) is 4. The highest BCUT2D eigenvalue weighted by molar-refractivity contribution is 6.16. The Hall–Kier alpha value is -3.78. The van der Waals surface area contributed by atoms with Crippen LogP contribution in [0.3, 0.4) is 0 Å². The minimum atomic E-state index is -0.537. The van der Waals surface area contributed by atoms with E-state index in [2.05, 4.69) is 32.5 Å². The second-order valence-electron chi connectivity index (χ2n) is 7.69. The van der Waals surface area contributed by atoms with Crippen LogP contribution < -0.4 is 21.7 Å². The SMILES string of the molecule is C=C(Nc1ccccn1)c1ccc(C(=N)c2c(NC3CCCNC3)ccnc2N)c(F)c1. The van der Waals surface area contributed by atoms with E-state index in [0.29, 0.717) is 28.3 Å². The van der Waals surface area contributed by atoms with Crippen LogP contribution in [0.15, 0.2) is 61.4 Å². The third kappa shape index (κ3) is 4.76. The fourth-order valence-corrected chi connectivity index (χ4v) is 3.76. The highest BCUT2D eigenvalue weighted by Gasteiger charge is 2.21. The van der Waals surface area contributed by atoms with Gasteiger partial charge in [0.15, 0.2) is 0 Å². The molecule has 32 heavy (non-hydrogen) atoms. The molecule has 1 fully saturated rings. The van der Waals surface area contributed by atoms with E-state index in [-0.39, 0.29) is 23.1 Å². The molecular weight excluding hydrogens is 405 g/mol. The molecule has 1 saturated heterocycles. The van der Waals surface area contributed by atoms with Crippen molar-refractivity contribution in [2.75, 3.05) is 29.5 Å². The van der Waals surface area contributed by atoms with Crippen LogP contribution in [-0.4, -0.2) is 34.8 Å². The van der Waals surface area contributed by atoms with Gasteiger partial charge in [0.2, 0.25) is 0 Å². The maximum absolute atomic E-state index is 15.1. The number of halogens is 1. The average Bonchev–Trinajstić information content (AvgIpc) is 2.80. The molecule has 0 amide bonds. The zero-order chi connectivity index (χ0) is 22.5. The third-order valence-corrected chi connectivity index (χ3v) is 5.42. The summed E-state index contributed by atoms with van der Waals surface area (Å²) in [5.41, 5.74) is 8.39. The fourth-order valence-electron chi connectivity index (χ4n) is 3.76. The summed E-state index contributed by atoms with van der Waals surface area (Å²) >= 11 is 0. The van der Waals surface area contributed by atoms with E-state index in [1.807, 2.05) is 12.1 Å². The standard InChI is InChI=1S/C24H26FN7/c1-15(31-21-6-2-3-11-29-21)16-7-8-18(19(25)13-16)23(26)22-20(9-12-30-24(22)27)32-17-5-4-10-28-14-17/h2-3,6-9,11-13,17,26,28H,1,4-5,10,14H2,(H,29,31)(H3,27,30,32). The van der Waals surface area contributed by atoms with Crippen LogP contribution in [-0.2, 0) is 0 Å². The van der Waals surface area contributed by atoms with Gasteiger partial charge in [0, 0.05) is 47.5 Å². The number of anilines is 3. The number of pyridine rings is 2. The molecule has 0 bridgehead atoms. The molecule has 1 aromatic carbocycles. The molecule has 2 aromatic heterocycles. The number of nitrogens with zero attached hydrogens (tertiary/aromatic N) is 2. The summed E-state index contributed by atoms with van der Waals surface area (Å²) in [6.45, 7) is 5.79. The summed E-state index contributed by atoms with van der Waals surface area (Å²) in [4.78, 5) is 8.32. The number of hydrogen-bond donors (Lipinski definition) is 5. The zero-order valence-corrected chi connectivity index (χ0v) is 17.7. The minimum absolute atomic E-state index is 0.0192. The molecule has 1 aliphatic rings. The van der Waals surface area contributed by atoms with E-state index in [1.54, 1.807) is 36.7 Å². The van der Waals surface area contributed by atoms with Gasteiger partial charge in [0.05, 0.1) is 11.3 Å². The number of benzene rings is 1. The molecule has 0 aliphatic carbocycles. The first-order valence-corrected chi connectivity index (χ1v) is 10.5. The van der Waals surface area contributed by atoms with E-state index in [4.69, 9.17) is 11.1 Å². The molecule has 1 atom stereocenters. The predicted molar refractivity (Wildman–Crippen MR) is 127 cm³/mol. The van der Waals surface area contributed by atoms with E-state index in [9.17, 15) is 0 Å². The first kappa shape index (κ1) is 21.5. The largest absolute Gasteiger partial charge is 0.383 e. The number of piperidine rings is 1. The summed E-state index contributed by atoms with van der Waals surface area (Å²) in [5.74, 6) is 0.268. The Balaban J connectivity index is 1.57. The Morgan fingerprint density at radius 2 is 2.06 bits per heavy atom. The van der Waals surface area contributed by atoms with Crippen molar-refractivity contribution >= 4 is 28.7 Å². The van der Waals surface area contributed by atoms with Gasteiger partial charge < -0.3 is 21.7 Å². The zero-order valence-electron chi connectivity index (χ0n) is 17.7. The second-order valence-corrected chi connectivity index (χ2v) is 7.69. The molecule has 8 heteroatoms. The van der Waals surface area contributed by atoms with Crippen LogP contribution in [0, 0.1) is 11.2 Å². The van der Waals surface area contributed by atoms with E-state index < -0.39 is 5.82 Å². The smallest absolute Gasteiger partial charge is 0.134 e. The van der Waals surface area contributed by atoms with E-state index in [1.165, 1.54) is 6.07 Å². The van der Waals surface area contributed by atoms with Crippen molar-refractivity contribution in [1.82, 2.24) is 15.3 Å². The van der Waals surface area contributed by atoms with Crippen molar-refractivity contribution in [3.05, 3.63) is 83.9 Å². The van der Waals surface area contributed by atoms with Gasteiger partial charge in [-0.05, 0) is 49.7 Å². The summed E-state index contributed by atoms with van der Waals surface area (Å²) in [6, 6.07) is 12.1. The molecular formula is C24H26FN7. The van der Waals surface area contributed by atoms with Crippen molar-refractivity contribution in [2.24, 2.45) is 0 Å². The molecule has 0 spiro atoms. The predicted octanol–water partition coefficient (Wildman–Crippen LogP) is 3.86. The number of rotatable bonds is 7. The van der Waals surface area contributed by atoms with Crippen LogP contribution in [0.1, 0.15) is 29.5 Å². The Kier molecular flexibility index (Phi) is 6.42. The van der Waals surface area contributed by atoms with Gasteiger partial charge in [-0.2, -0.15) is 0 Å². The summed E-state index contributed by atoms with van der Waals surface area (Å²) < 4.78 is 15.1. The van der Waals surface area contributed by atoms with Gasteiger partial charge in [-0.3, -0.25) is 5.41 Å². The first-order chi connectivity index (χ1) is 15.5. The number of nitrogen functional groups attached to an aromatic ring is 1. The first-order valence-electron chi connectivity index (χ1n) is 10.5. The Bertz CT molecular complexity index is 1120. The normalized spacial score (nSPS) is 15.7. The van der Waals surface area contributed by atoms with Crippen molar-refractivity contribution in [3.63, 3.8) is 0 Å². The maximum Gasteiger partial charge on any atom is 0.134 e. The highest BCUT2D eigenvalue weighted by Crippen LogP contribution is 2.27. The van der Waals surface area contributed by atoms with E-state index in [0.717, 1.165) is 25.9 Å². The van der Waals surface area contributed by atoms with Crippen LogP contribution in [0.4, 0.5) is 21.7 Å². The van der Waals surface area contributed by atoms with Crippen LogP contribution >= 0.6 is 0 Å². The van der Waals surface area contributed by atoms with Gasteiger partial charge in [0.25, 0.3) is 0 Å². The van der Waals surface area contributed by atoms with Gasteiger partial charge in [-0.15, -0.1) is 0 Å². The molecule has 0 radical (unpaired) electrons. The monoisotopic (exact) mass is 431 g/mol. The van der Waals surface area contributed by atoms with Crippen LogP contribution in [0.2, 0.25) is 0 Å². The van der Waals surface area contributed by atoms with E-state index >= 15 is 4.39 Å². The summed E-state index contributed by atoms with van der Waals surface area (Å²) in [7, 11) is 0. The van der Waals surface area contributed by atoms with Crippen LogP contribution in [0.5, 0.6) is 0 Å². The Morgan fingerprint density at radius 1 is 1.19 bits per heavy atom. The fraction of sp³-hybridized carbons (Fsp3) is 0.208. The molecule has 164 valence electrons. The molecule has 4 rings (SSSR count). The quantitative estimate of drug-likeness (QED) is 0.363. The second kappa shape index (κ2) is 9.57. The Labute approximate surface area is 186 Å². The molecule has 3 aromatic rings. The molecule has 1 unspecified atom stereocenters. The van der Waals surface area contributed by atoms with Crippen molar-refractivity contribution in [1.29, 1.82) is 5.41 Å². The lowest BCUT2D eigenvalue weighted by Crippen LogP contribution is -2.38. The summed E-state index contributed by atoms with van der Waals surface area (Å²) in [6.07, 6.45) is 5.33. The maximum atomic E-state index is 15.1. The topological polar surface area (TPSA) is 112 Å². The Morgan fingerprint density at radius 3 is 2.78 bits per heavy atom. The van der Waals surface area contributed by atoms with Crippen LogP contribution in [0.25, 0.3) is 5.70 Å². The molecule has 0 saturated carbocycles. The molecule has 1 aliphatic heterocycles. The lowest BCUT2D eigenvalue weighted by Gasteiger charge is -2.26.